The number of H-pyrrole nitrogens is 2. The van der Waals surface area contributed by atoms with E-state index in [9.17, 15) is 24.4 Å². The zero-order chi connectivity index (χ0) is 30.0. The number of anilines is 1. The molecule has 1 unspecified atom stereocenters. The third kappa shape index (κ3) is 4.98. The van der Waals surface area contributed by atoms with Crippen molar-refractivity contribution in [2.24, 2.45) is 0 Å². The number of ether oxygens (including phenoxy) is 2. The van der Waals surface area contributed by atoms with Crippen LogP contribution in [0.15, 0.2) is 22.2 Å². The van der Waals surface area contributed by atoms with E-state index in [0.29, 0.717) is 0 Å². The normalized spacial score (nSPS) is 31.3. The number of imidazole rings is 1. The second-order valence-corrected chi connectivity index (χ2v) is 12.2. The molecule has 2 fully saturated rings. The summed E-state index contributed by atoms with van der Waals surface area (Å²) < 4.78 is 67.1. The average molecular weight is 634 g/mol. The maximum Gasteiger partial charge on any atom is 0.386 e. The molecule has 19 nitrogen and oxygen atoms in total. The number of fused-ring (bicyclic) bond motifs is 2. The van der Waals surface area contributed by atoms with Crippen LogP contribution < -0.4 is 16.9 Å². The average Bonchev–Trinajstić information content (AvgIpc) is 3.67. The summed E-state index contributed by atoms with van der Waals surface area (Å²) in [4.78, 5) is 40.4. The number of aromatic amines is 2. The number of nitrogens with one attached hydrogen (secondary N) is 2. The highest BCUT2D eigenvalue weighted by atomic mass is 32.7. The van der Waals surface area contributed by atoms with E-state index in [1.807, 2.05) is 0 Å². The summed E-state index contributed by atoms with van der Waals surface area (Å²) in [5, 5.41) is 27.3. The molecule has 0 aliphatic carbocycles. The highest BCUT2D eigenvalue weighted by molar-refractivity contribution is 8.44. The van der Waals surface area contributed by atoms with Crippen LogP contribution in [0.1, 0.15) is 18.9 Å². The molecule has 0 amide bonds. The van der Waals surface area contributed by atoms with Gasteiger partial charge in [0, 0.05) is 0 Å². The smallest absolute Gasteiger partial charge is 0.386 e. The first-order valence-corrected chi connectivity index (χ1v) is 14.7. The molecule has 42 heavy (non-hydrogen) atoms. The Morgan fingerprint density at radius 1 is 1.26 bits per heavy atom. The molecule has 6 N–H and O–H groups in total. The molecule has 2 aliphatic rings. The molecule has 0 aromatic carbocycles. The van der Waals surface area contributed by atoms with E-state index in [0.717, 1.165) is 11.0 Å². The second kappa shape index (κ2) is 10.4. The topological polar surface area (TPSA) is 260 Å². The fraction of sp³-hybridized carbons (Fsp3) is 0.526. The van der Waals surface area contributed by atoms with Crippen molar-refractivity contribution >= 4 is 47.3 Å². The number of aromatic nitrogens is 9. The van der Waals surface area contributed by atoms with Crippen LogP contribution in [0.3, 0.4) is 0 Å². The third-order valence-corrected chi connectivity index (χ3v) is 8.25. The van der Waals surface area contributed by atoms with E-state index < -0.39 is 80.3 Å². The predicted octanol–water partition coefficient (Wildman–Crippen LogP) is -1.16. The highest BCUT2D eigenvalue weighted by Crippen LogP contribution is 2.57. The Morgan fingerprint density at radius 3 is 2.81 bits per heavy atom. The van der Waals surface area contributed by atoms with Crippen LogP contribution in [0.25, 0.3) is 22.3 Å². The van der Waals surface area contributed by atoms with Gasteiger partial charge in [-0.2, -0.15) is 9.67 Å². The zero-order valence-corrected chi connectivity index (χ0v) is 22.6. The van der Waals surface area contributed by atoms with E-state index in [1.165, 1.54) is 10.9 Å². The van der Waals surface area contributed by atoms with E-state index in [4.69, 9.17) is 24.3 Å². The molecule has 23 heteroatoms. The highest BCUT2D eigenvalue weighted by Gasteiger charge is 2.53. The van der Waals surface area contributed by atoms with Gasteiger partial charge in [-0.05, 0) is 0 Å². The number of hydrogen-bond donors (Lipinski definition) is 6. The maximum absolute atomic E-state index is 15.3. The Labute approximate surface area is 235 Å². The molecule has 4 aromatic rings. The summed E-state index contributed by atoms with van der Waals surface area (Å²) in [5.74, 6) is -3.33. The molecule has 8 atom stereocenters. The Bertz CT molecular complexity index is 1820. The van der Waals surface area contributed by atoms with Crippen molar-refractivity contribution in [1.29, 1.82) is 0 Å². The number of halogens is 2. The fourth-order valence-electron chi connectivity index (χ4n) is 4.65. The molecule has 2 aliphatic heterocycles. The summed E-state index contributed by atoms with van der Waals surface area (Å²) in [6.45, 7) is -6.30. The van der Waals surface area contributed by atoms with Crippen molar-refractivity contribution in [3.63, 3.8) is 0 Å². The zero-order valence-electron chi connectivity index (χ0n) is 20.9. The molecule has 0 spiro atoms. The van der Waals surface area contributed by atoms with Gasteiger partial charge < -0.3 is 30.4 Å². The van der Waals surface area contributed by atoms with Gasteiger partial charge in [-0.15, -0.1) is 5.10 Å². The first kappa shape index (κ1) is 28.7. The molecular formula is C19H21F2N10O9PS. The van der Waals surface area contributed by atoms with Crippen LogP contribution in [-0.2, 0) is 23.1 Å². The van der Waals surface area contributed by atoms with Crippen LogP contribution in [0.4, 0.5) is 14.7 Å². The molecular weight excluding hydrogens is 613 g/mol. The maximum atomic E-state index is 15.3. The second-order valence-electron chi connectivity index (χ2n) is 9.34. The van der Waals surface area contributed by atoms with E-state index in [-0.39, 0.29) is 28.3 Å². The lowest BCUT2D eigenvalue weighted by Crippen LogP contribution is -2.36. The third-order valence-electron chi connectivity index (χ3n) is 6.63. The van der Waals surface area contributed by atoms with E-state index >= 15 is 8.78 Å². The summed E-state index contributed by atoms with van der Waals surface area (Å²) in [5.41, 5.74) is 3.78. The molecule has 0 bridgehead atoms. The van der Waals surface area contributed by atoms with Crippen LogP contribution in [0.2, 0.25) is 0 Å². The van der Waals surface area contributed by atoms with Gasteiger partial charge in [-0.3, -0.25) is 28.2 Å². The van der Waals surface area contributed by atoms with Crippen molar-refractivity contribution in [2.75, 3.05) is 18.9 Å². The summed E-state index contributed by atoms with van der Waals surface area (Å²) in [6.07, 6.45) is -8.32. The number of aliphatic hydroxyl groups is 2. The molecule has 6 rings (SSSR count). The number of nitrogen functional groups attached to an aromatic ring is 1. The number of aliphatic hydroxyl groups excluding tert-OH is 1. The van der Waals surface area contributed by atoms with Gasteiger partial charge in [0.15, 0.2) is 34.7 Å². The monoisotopic (exact) mass is 634 g/mol. The minimum atomic E-state index is -4.59. The van der Waals surface area contributed by atoms with E-state index in [1.54, 1.807) is 0 Å². The Morgan fingerprint density at radius 2 is 2.05 bits per heavy atom. The summed E-state index contributed by atoms with van der Waals surface area (Å²) in [7, 11) is 0. The van der Waals surface area contributed by atoms with Crippen molar-refractivity contribution < 1.29 is 42.1 Å². The quantitative estimate of drug-likeness (QED) is 0.0987. The van der Waals surface area contributed by atoms with Crippen molar-refractivity contribution in [3.05, 3.63) is 33.4 Å². The van der Waals surface area contributed by atoms with Crippen LogP contribution in [-0.4, -0.2) is 98.2 Å². The predicted molar refractivity (Wildman–Crippen MR) is 136 cm³/mol. The van der Waals surface area contributed by atoms with Crippen molar-refractivity contribution in [3.8, 4) is 0 Å². The lowest BCUT2D eigenvalue weighted by molar-refractivity contribution is -0.148. The van der Waals surface area contributed by atoms with Gasteiger partial charge >= 0.3 is 6.80 Å². The summed E-state index contributed by atoms with van der Waals surface area (Å²) in [6, 6.07) is 0. The number of rotatable bonds is 8. The van der Waals surface area contributed by atoms with E-state index in [2.05, 4.69) is 47.5 Å². The van der Waals surface area contributed by atoms with Crippen LogP contribution in [0.5, 0.6) is 0 Å². The van der Waals surface area contributed by atoms with Gasteiger partial charge in [0.05, 0.1) is 32.3 Å². The van der Waals surface area contributed by atoms with Gasteiger partial charge in [0.2, 0.25) is 11.8 Å². The number of nitrogens with zero attached hydrogens (tertiary/aromatic N) is 7. The first-order valence-electron chi connectivity index (χ1n) is 12.0. The van der Waals surface area contributed by atoms with Crippen LogP contribution in [0, 0.1) is 0 Å². The lowest BCUT2D eigenvalue weighted by atomic mass is 10.1. The van der Waals surface area contributed by atoms with Gasteiger partial charge in [-0.1, -0.05) is 17.5 Å². The summed E-state index contributed by atoms with van der Waals surface area (Å²) >= 11 is 3.84. The Kier molecular flexibility index (Phi) is 7.13. The Balaban J connectivity index is 1.19. The molecule has 2 saturated heterocycles. The van der Waals surface area contributed by atoms with Crippen molar-refractivity contribution in [1.82, 2.24) is 44.5 Å². The van der Waals surface area contributed by atoms with Crippen LogP contribution >= 0.6 is 19.0 Å². The molecule has 226 valence electrons. The van der Waals surface area contributed by atoms with Gasteiger partial charge in [0.1, 0.15) is 24.5 Å². The first-order chi connectivity index (χ1) is 19.9. The van der Waals surface area contributed by atoms with Crippen molar-refractivity contribution in [2.45, 2.75) is 49.2 Å². The largest absolute Gasteiger partial charge is 0.394 e. The lowest BCUT2D eigenvalue weighted by Gasteiger charge is -2.25. The van der Waals surface area contributed by atoms with Gasteiger partial charge in [-0.25, -0.2) is 23.3 Å². The number of hydrogen-bond acceptors (Lipinski definition) is 15. The SMILES string of the molecule is Nc1nc2c(nnn2[C@@H]2O[C@H](CO)[C@@H](F)[C@H]2OP(=O)(S)OC[C@H]2O[C@@H](n3cnc4c(=O)[nH]cnc43)C[C@]2(O)F)c(=O)[nH]1. The number of alkyl halides is 2. The number of nitrogens with two attached hydrogens (primary N) is 1. The molecule has 6 heterocycles. The number of thiol groups is 1. The fourth-order valence-corrected chi connectivity index (χ4v) is 6.09. The van der Waals surface area contributed by atoms with Gasteiger partial charge in [0.25, 0.3) is 11.1 Å². The standard InChI is InChI=1S/C19H21F2N10O9PS/c20-9-6(2-32)38-17(31-14-11(28-29-31)16(34)27-18(22)26-14)12(9)40-41(36,42)37-3-7-19(21,35)1-8(39-7)30-5-25-10-13(30)23-4-24-15(10)33/h4-9,12,17,32,35H,1-3H2,(H,36,42)(H,23,24,33)(H3,22,26,27,34)/t6-,7-,8-,9-,12-,17-,19-,41?/m1/s1. The molecule has 0 saturated carbocycles. The minimum absolute atomic E-state index is 0.0468. The molecule has 4 aromatic heterocycles. The minimum Gasteiger partial charge on any atom is -0.394 e. The Hall–Kier alpha value is -3.37. The molecule has 0 radical (unpaired) electrons.